The van der Waals surface area contributed by atoms with E-state index in [1.165, 1.54) is 16.5 Å². The molecule has 3 rings (SSSR count). The zero-order valence-electron chi connectivity index (χ0n) is 10.9. The van der Waals surface area contributed by atoms with Crippen molar-refractivity contribution in [3.05, 3.63) is 34.4 Å². The Morgan fingerprint density at radius 2 is 2.17 bits per heavy atom. The van der Waals surface area contributed by atoms with Crippen LogP contribution in [0.25, 0.3) is 10.9 Å². The van der Waals surface area contributed by atoms with Crippen molar-refractivity contribution in [2.75, 3.05) is 0 Å². The average Bonchev–Trinajstić information content (AvgIpc) is 2.91. The van der Waals surface area contributed by atoms with Crippen LogP contribution >= 0.6 is 15.9 Å². The van der Waals surface area contributed by atoms with Gasteiger partial charge in [0, 0.05) is 40.1 Å². The molecule has 1 heterocycles. The predicted molar refractivity (Wildman–Crippen MR) is 79.8 cm³/mol. The Kier molecular flexibility index (Phi) is 2.99. The Morgan fingerprint density at radius 3 is 2.78 bits per heavy atom. The van der Waals surface area contributed by atoms with Gasteiger partial charge < -0.3 is 10.3 Å². The molecule has 0 radical (unpaired) electrons. The molecule has 1 aliphatic rings. The van der Waals surface area contributed by atoms with Gasteiger partial charge in [-0.3, -0.25) is 0 Å². The third-order valence-electron chi connectivity index (χ3n) is 3.68. The first-order chi connectivity index (χ1) is 8.56. The van der Waals surface area contributed by atoms with Crippen LogP contribution in [0, 0.1) is 5.92 Å². The summed E-state index contributed by atoms with van der Waals surface area (Å²) in [4.78, 5) is 0. The highest BCUT2D eigenvalue weighted by Crippen LogP contribution is 2.43. The van der Waals surface area contributed by atoms with E-state index in [1.54, 1.807) is 0 Å². The average molecular weight is 307 g/mol. The molecule has 1 saturated carbocycles. The fourth-order valence-corrected chi connectivity index (χ4v) is 3.05. The first kappa shape index (κ1) is 12.2. The van der Waals surface area contributed by atoms with Crippen LogP contribution in [0.5, 0.6) is 0 Å². The van der Waals surface area contributed by atoms with Crippen molar-refractivity contribution < 1.29 is 0 Å². The van der Waals surface area contributed by atoms with Gasteiger partial charge in [0.1, 0.15) is 0 Å². The van der Waals surface area contributed by atoms with Crippen molar-refractivity contribution >= 4 is 26.8 Å². The van der Waals surface area contributed by atoms with Crippen LogP contribution in [0.3, 0.4) is 0 Å². The van der Waals surface area contributed by atoms with Crippen molar-refractivity contribution in [2.45, 2.75) is 38.8 Å². The third kappa shape index (κ3) is 2.10. The summed E-state index contributed by atoms with van der Waals surface area (Å²) in [6, 6.07) is 6.93. The molecule has 0 bridgehead atoms. The van der Waals surface area contributed by atoms with E-state index in [4.69, 9.17) is 5.73 Å². The summed E-state index contributed by atoms with van der Waals surface area (Å²) >= 11 is 3.57. The van der Waals surface area contributed by atoms with Gasteiger partial charge in [0.15, 0.2) is 0 Å². The molecule has 18 heavy (non-hydrogen) atoms. The minimum Gasteiger partial charge on any atom is -0.347 e. The zero-order valence-corrected chi connectivity index (χ0v) is 12.4. The van der Waals surface area contributed by atoms with Gasteiger partial charge in [0.2, 0.25) is 0 Å². The normalized spacial score (nSPS) is 22.9. The van der Waals surface area contributed by atoms with Gasteiger partial charge >= 0.3 is 0 Å². The standard InChI is InChI=1S/C15H19BrN2/c1-9(2)7-18-8-13(12-6-14(12)17)11-4-3-10(16)5-15(11)18/h3-5,8-9,12,14H,6-7,17H2,1-2H3/t12-,14+/m0/s1. The van der Waals surface area contributed by atoms with Gasteiger partial charge in [-0.2, -0.15) is 0 Å². The second kappa shape index (κ2) is 4.39. The number of aromatic nitrogens is 1. The summed E-state index contributed by atoms with van der Waals surface area (Å²) in [5.74, 6) is 1.22. The Morgan fingerprint density at radius 1 is 1.44 bits per heavy atom. The van der Waals surface area contributed by atoms with Gasteiger partial charge in [-0.1, -0.05) is 35.8 Å². The van der Waals surface area contributed by atoms with Crippen LogP contribution < -0.4 is 5.73 Å². The topological polar surface area (TPSA) is 30.9 Å². The van der Waals surface area contributed by atoms with Gasteiger partial charge in [-0.15, -0.1) is 0 Å². The molecule has 1 fully saturated rings. The van der Waals surface area contributed by atoms with E-state index >= 15 is 0 Å². The lowest BCUT2D eigenvalue weighted by molar-refractivity contribution is 0.534. The summed E-state index contributed by atoms with van der Waals surface area (Å²) in [5, 5.41) is 1.37. The molecule has 2 aromatic rings. The second-order valence-electron chi connectivity index (χ2n) is 5.80. The fourth-order valence-electron chi connectivity index (χ4n) is 2.71. The van der Waals surface area contributed by atoms with Crippen LogP contribution in [0.4, 0.5) is 0 Å². The molecule has 1 aliphatic carbocycles. The summed E-state index contributed by atoms with van der Waals surface area (Å²) in [5.41, 5.74) is 8.77. The van der Waals surface area contributed by atoms with E-state index in [2.05, 4.69) is 58.7 Å². The maximum atomic E-state index is 6.01. The molecule has 96 valence electrons. The van der Waals surface area contributed by atoms with Crippen LogP contribution in [-0.4, -0.2) is 10.6 Å². The van der Waals surface area contributed by atoms with Gasteiger partial charge in [-0.25, -0.2) is 0 Å². The lowest BCUT2D eigenvalue weighted by Crippen LogP contribution is -2.03. The SMILES string of the molecule is CC(C)Cn1cc([C@@H]2C[C@H]2N)c2ccc(Br)cc21. The Balaban J connectivity index is 2.13. The van der Waals surface area contributed by atoms with E-state index in [0.29, 0.717) is 17.9 Å². The molecule has 0 unspecified atom stereocenters. The molecule has 1 aromatic carbocycles. The lowest BCUT2D eigenvalue weighted by atomic mass is 10.1. The minimum atomic E-state index is 0.367. The predicted octanol–water partition coefficient (Wildman–Crippen LogP) is 3.87. The van der Waals surface area contributed by atoms with E-state index < -0.39 is 0 Å². The van der Waals surface area contributed by atoms with Crippen LogP contribution in [0.2, 0.25) is 0 Å². The Labute approximate surface area is 116 Å². The van der Waals surface area contributed by atoms with Crippen molar-refractivity contribution in [3.8, 4) is 0 Å². The molecule has 0 saturated heterocycles. The highest BCUT2D eigenvalue weighted by atomic mass is 79.9. The van der Waals surface area contributed by atoms with Crippen molar-refractivity contribution in [2.24, 2.45) is 11.7 Å². The van der Waals surface area contributed by atoms with Crippen molar-refractivity contribution in [1.82, 2.24) is 4.57 Å². The maximum Gasteiger partial charge on any atom is 0.0494 e. The first-order valence-electron chi connectivity index (χ1n) is 6.60. The highest BCUT2D eigenvalue weighted by Gasteiger charge is 2.36. The molecule has 1 aromatic heterocycles. The van der Waals surface area contributed by atoms with Crippen molar-refractivity contribution in [3.63, 3.8) is 0 Å². The highest BCUT2D eigenvalue weighted by molar-refractivity contribution is 9.10. The summed E-state index contributed by atoms with van der Waals surface area (Å²) in [7, 11) is 0. The van der Waals surface area contributed by atoms with E-state index in [9.17, 15) is 0 Å². The molecule has 0 amide bonds. The lowest BCUT2D eigenvalue weighted by Gasteiger charge is -2.08. The molecule has 0 spiro atoms. The van der Waals surface area contributed by atoms with E-state index in [-0.39, 0.29) is 0 Å². The maximum absolute atomic E-state index is 6.01. The minimum absolute atomic E-state index is 0.367. The van der Waals surface area contributed by atoms with E-state index in [0.717, 1.165) is 17.4 Å². The molecule has 0 aliphatic heterocycles. The third-order valence-corrected chi connectivity index (χ3v) is 4.17. The summed E-state index contributed by atoms with van der Waals surface area (Å²) < 4.78 is 3.52. The first-order valence-corrected chi connectivity index (χ1v) is 7.39. The number of nitrogens with two attached hydrogens (primary N) is 1. The zero-order chi connectivity index (χ0) is 12.9. The number of rotatable bonds is 3. The molecular formula is C15H19BrN2. The molecule has 3 heteroatoms. The van der Waals surface area contributed by atoms with Crippen molar-refractivity contribution in [1.29, 1.82) is 0 Å². The summed E-state index contributed by atoms with van der Waals surface area (Å²) in [6.07, 6.45) is 3.45. The van der Waals surface area contributed by atoms with Crippen LogP contribution in [0.1, 0.15) is 31.7 Å². The molecular weight excluding hydrogens is 288 g/mol. The second-order valence-corrected chi connectivity index (χ2v) is 6.71. The number of nitrogens with zero attached hydrogens (tertiary/aromatic N) is 1. The van der Waals surface area contributed by atoms with Gasteiger partial charge in [-0.05, 0) is 30.0 Å². The Hall–Kier alpha value is -0.800. The number of benzene rings is 1. The molecule has 2 N–H and O–H groups in total. The fraction of sp³-hybridized carbons (Fsp3) is 0.467. The van der Waals surface area contributed by atoms with Crippen LogP contribution in [0.15, 0.2) is 28.9 Å². The molecule has 2 nitrogen and oxygen atoms in total. The summed E-state index contributed by atoms with van der Waals surface area (Å²) in [6.45, 7) is 5.58. The van der Waals surface area contributed by atoms with Gasteiger partial charge in [0.25, 0.3) is 0 Å². The van der Waals surface area contributed by atoms with Gasteiger partial charge in [0.05, 0.1) is 0 Å². The van der Waals surface area contributed by atoms with E-state index in [1.807, 2.05) is 0 Å². The number of hydrogen-bond donors (Lipinski definition) is 1. The quantitative estimate of drug-likeness (QED) is 0.917. The Bertz CT molecular complexity index is 585. The monoisotopic (exact) mass is 306 g/mol. The smallest absolute Gasteiger partial charge is 0.0494 e. The molecule has 2 atom stereocenters. The largest absolute Gasteiger partial charge is 0.347 e. The van der Waals surface area contributed by atoms with Crippen LogP contribution in [-0.2, 0) is 6.54 Å². The number of halogens is 1. The number of hydrogen-bond acceptors (Lipinski definition) is 1. The number of fused-ring (bicyclic) bond motifs is 1.